The first kappa shape index (κ1) is 26.7. The van der Waals surface area contributed by atoms with E-state index >= 15 is 0 Å². The fraction of sp³-hybridized carbons (Fsp3) is 0. The third kappa shape index (κ3) is 4.11. The molecule has 48 heavy (non-hydrogen) atoms. The molecule has 0 unspecified atom stereocenters. The van der Waals surface area contributed by atoms with Crippen molar-refractivity contribution in [2.24, 2.45) is 0 Å². The highest BCUT2D eigenvalue weighted by Gasteiger charge is 2.17. The number of pyridine rings is 3. The molecule has 10 rings (SSSR count). The van der Waals surface area contributed by atoms with E-state index in [-0.39, 0.29) is 0 Å². The van der Waals surface area contributed by atoms with Crippen LogP contribution in [0.3, 0.4) is 0 Å². The Kier molecular flexibility index (Phi) is 5.87. The van der Waals surface area contributed by atoms with Gasteiger partial charge in [-0.05, 0) is 95.7 Å². The Balaban J connectivity index is 1.27. The van der Waals surface area contributed by atoms with E-state index in [9.17, 15) is 0 Å². The molecule has 0 bridgehead atoms. The highest BCUT2D eigenvalue weighted by Crippen LogP contribution is 2.44. The molecule has 0 aliphatic rings. The van der Waals surface area contributed by atoms with Crippen LogP contribution in [0.5, 0.6) is 0 Å². The zero-order valence-electron chi connectivity index (χ0n) is 25.9. The smallest absolute Gasteiger partial charge is 0.0708 e. The highest BCUT2D eigenvalue weighted by molar-refractivity contribution is 6.27. The summed E-state index contributed by atoms with van der Waals surface area (Å²) in [5, 5.41) is 12.1. The molecule has 0 saturated carbocycles. The van der Waals surface area contributed by atoms with E-state index < -0.39 is 0 Å². The van der Waals surface area contributed by atoms with Gasteiger partial charge in [-0.1, -0.05) is 103 Å². The van der Waals surface area contributed by atoms with Crippen LogP contribution in [0, 0.1) is 0 Å². The molecular formula is C45H27N3. The molecule has 0 aliphatic carbocycles. The number of hydrogen-bond acceptors (Lipinski definition) is 3. The normalized spacial score (nSPS) is 11.8. The quantitative estimate of drug-likeness (QED) is 0.186. The molecule has 3 aromatic heterocycles. The van der Waals surface area contributed by atoms with Gasteiger partial charge >= 0.3 is 0 Å². The van der Waals surface area contributed by atoms with Gasteiger partial charge in [-0.2, -0.15) is 0 Å². The molecule has 0 N–H and O–H groups in total. The van der Waals surface area contributed by atoms with Crippen molar-refractivity contribution in [3.05, 3.63) is 164 Å². The average molecular weight is 610 g/mol. The number of benzene rings is 7. The van der Waals surface area contributed by atoms with Crippen molar-refractivity contribution in [1.82, 2.24) is 15.0 Å². The van der Waals surface area contributed by atoms with Crippen LogP contribution >= 0.6 is 0 Å². The molecule has 3 heteroatoms. The van der Waals surface area contributed by atoms with Gasteiger partial charge in [0.05, 0.1) is 5.69 Å². The molecule has 3 heterocycles. The average Bonchev–Trinajstić information content (AvgIpc) is 3.16. The van der Waals surface area contributed by atoms with Gasteiger partial charge in [-0.25, -0.2) is 0 Å². The maximum Gasteiger partial charge on any atom is 0.0708 e. The third-order valence-electron chi connectivity index (χ3n) is 9.81. The van der Waals surface area contributed by atoms with Crippen molar-refractivity contribution in [3.8, 4) is 44.6 Å². The van der Waals surface area contributed by atoms with Gasteiger partial charge in [0.25, 0.3) is 0 Å². The van der Waals surface area contributed by atoms with E-state index in [1.165, 1.54) is 48.7 Å². The van der Waals surface area contributed by atoms with Crippen molar-refractivity contribution in [3.63, 3.8) is 0 Å². The molecule has 0 saturated heterocycles. The third-order valence-corrected chi connectivity index (χ3v) is 9.81. The summed E-state index contributed by atoms with van der Waals surface area (Å²) in [5.74, 6) is 0. The van der Waals surface area contributed by atoms with E-state index in [0.717, 1.165) is 49.8 Å². The van der Waals surface area contributed by atoms with Crippen LogP contribution in [0.4, 0.5) is 0 Å². The lowest BCUT2D eigenvalue weighted by molar-refractivity contribution is 1.33. The lowest BCUT2D eigenvalue weighted by Gasteiger charge is -2.18. The first-order chi connectivity index (χ1) is 23.8. The Morgan fingerprint density at radius 3 is 1.42 bits per heavy atom. The Morgan fingerprint density at radius 2 is 0.833 bits per heavy atom. The fourth-order valence-corrected chi connectivity index (χ4v) is 7.59. The summed E-state index contributed by atoms with van der Waals surface area (Å²) >= 11 is 0. The van der Waals surface area contributed by atoms with Crippen molar-refractivity contribution in [2.45, 2.75) is 0 Å². The van der Waals surface area contributed by atoms with E-state index in [0.29, 0.717) is 0 Å². The van der Waals surface area contributed by atoms with Gasteiger partial charge in [0, 0.05) is 58.4 Å². The van der Waals surface area contributed by atoms with Gasteiger partial charge in [0.1, 0.15) is 0 Å². The van der Waals surface area contributed by atoms with Crippen LogP contribution < -0.4 is 0 Å². The molecule has 0 atom stereocenters. The first-order valence-corrected chi connectivity index (χ1v) is 16.2. The van der Waals surface area contributed by atoms with Gasteiger partial charge in [0.15, 0.2) is 0 Å². The van der Waals surface area contributed by atoms with E-state index in [1.54, 1.807) is 0 Å². The van der Waals surface area contributed by atoms with Crippen LogP contribution in [0.15, 0.2) is 164 Å². The topological polar surface area (TPSA) is 38.7 Å². The largest absolute Gasteiger partial charge is 0.263 e. The summed E-state index contributed by atoms with van der Waals surface area (Å²) in [4.78, 5) is 14.0. The standard InChI is InChI=1S/C45H27N3/c1-3-9-35-30(7-1)24-46-26-41(35)33-21-32(22-34(23-33)42-27-47-25-31-8-2-4-10-36(31)42)37-16-12-28-15-19-40-38(43-11-5-6-20-48-43)17-13-29-14-18-39(37)44(28)45(29)40/h1-27H. The molecule has 0 amide bonds. The zero-order chi connectivity index (χ0) is 31.6. The predicted molar refractivity (Wildman–Crippen MR) is 200 cm³/mol. The number of aromatic nitrogens is 3. The molecule has 0 aliphatic heterocycles. The maximum atomic E-state index is 4.71. The molecule has 0 spiro atoms. The number of hydrogen-bond donors (Lipinski definition) is 0. The summed E-state index contributed by atoms with van der Waals surface area (Å²) < 4.78 is 0. The molecule has 10 aromatic rings. The second-order valence-electron chi connectivity index (χ2n) is 12.5. The fourth-order valence-electron chi connectivity index (χ4n) is 7.59. The summed E-state index contributed by atoms with van der Waals surface area (Å²) in [5.41, 5.74) is 8.98. The Morgan fingerprint density at radius 1 is 0.333 bits per heavy atom. The van der Waals surface area contributed by atoms with Crippen molar-refractivity contribution < 1.29 is 0 Å². The summed E-state index contributed by atoms with van der Waals surface area (Å²) in [6.45, 7) is 0. The predicted octanol–water partition coefficient (Wildman–Crippen LogP) is 11.7. The lowest BCUT2D eigenvalue weighted by Crippen LogP contribution is -1.92. The second-order valence-corrected chi connectivity index (χ2v) is 12.5. The molecule has 0 fully saturated rings. The highest BCUT2D eigenvalue weighted by atomic mass is 14.7. The Hall–Kier alpha value is -6.45. The van der Waals surface area contributed by atoms with Crippen molar-refractivity contribution in [2.75, 3.05) is 0 Å². The van der Waals surface area contributed by atoms with E-state index in [2.05, 4.69) is 137 Å². The monoisotopic (exact) mass is 609 g/mol. The molecule has 0 radical (unpaired) electrons. The molecule has 222 valence electrons. The number of nitrogens with zero attached hydrogens (tertiary/aromatic N) is 3. The minimum atomic E-state index is 0.986. The van der Waals surface area contributed by atoms with E-state index in [1.807, 2.05) is 37.1 Å². The van der Waals surface area contributed by atoms with Crippen LogP contribution in [0.1, 0.15) is 0 Å². The van der Waals surface area contributed by atoms with E-state index in [4.69, 9.17) is 4.98 Å². The van der Waals surface area contributed by atoms with Crippen molar-refractivity contribution in [1.29, 1.82) is 0 Å². The van der Waals surface area contributed by atoms with Crippen LogP contribution in [0.2, 0.25) is 0 Å². The first-order valence-electron chi connectivity index (χ1n) is 16.2. The van der Waals surface area contributed by atoms with Gasteiger partial charge in [0.2, 0.25) is 0 Å². The Labute approximate surface area is 277 Å². The second kappa shape index (κ2) is 10.5. The SMILES string of the molecule is c1ccc(-c2ccc3ccc4c(-c5cc(-c6cncc7ccccc67)cc(-c6cncc7ccccc67)c5)ccc5ccc2c3c54)nc1. The van der Waals surface area contributed by atoms with Gasteiger partial charge in [-0.15, -0.1) is 0 Å². The maximum absolute atomic E-state index is 4.71. The van der Waals surface area contributed by atoms with Gasteiger partial charge in [-0.3, -0.25) is 15.0 Å². The van der Waals surface area contributed by atoms with Crippen LogP contribution in [-0.4, -0.2) is 15.0 Å². The summed E-state index contributed by atoms with van der Waals surface area (Å²) in [6, 6.07) is 48.1. The molecule has 3 nitrogen and oxygen atoms in total. The van der Waals surface area contributed by atoms with Crippen molar-refractivity contribution >= 4 is 53.9 Å². The van der Waals surface area contributed by atoms with Crippen LogP contribution in [0.25, 0.3) is 98.5 Å². The zero-order valence-corrected chi connectivity index (χ0v) is 25.9. The lowest BCUT2D eigenvalue weighted by atomic mass is 9.86. The van der Waals surface area contributed by atoms with Gasteiger partial charge < -0.3 is 0 Å². The Bertz CT molecular complexity index is 2730. The molecular weight excluding hydrogens is 583 g/mol. The summed E-state index contributed by atoms with van der Waals surface area (Å²) in [6.07, 6.45) is 9.75. The molecule has 7 aromatic carbocycles. The minimum absolute atomic E-state index is 0.986. The van der Waals surface area contributed by atoms with Crippen LogP contribution in [-0.2, 0) is 0 Å². The number of rotatable bonds is 4. The number of fused-ring (bicyclic) bond motifs is 2. The summed E-state index contributed by atoms with van der Waals surface area (Å²) in [7, 11) is 0. The minimum Gasteiger partial charge on any atom is -0.263 e.